The molecule has 174 valence electrons. The number of hydrogen-bond donors (Lipinski definition) is 1. The van der Waals surface area contributed by atoms with Gasteiger partial charge in [0.05, 0.1) is 25.5 Å². The second kappa shape index (κ2) is 9.31. The molecule has 1 aliphatic heterocycles. The smallest absolute Gasteiger partial charge is 0.282 e. The number of nitrogens with zero attached hydrogens (tertiary/aromatic N) is 2. The highest BCUT2D eigenvalue weighted by molar-refractivity contribution is 6.46. The van der Waals surface area contributed by atoms with Gasteiger partial charge in [0.2, 0.25) is 0 Å². The van der Waals surface area contributed by atoms with Crippen LogP contribution in [0, 0.1) is 6.92 Å². The number of rotatable bonds is 7. The minimum Gasteiger partial charge on any atom is -0.497 e. The topological polar surface area (TPSA) is 71.1 Å². The van der Waals surface area contributed by atoms with Crippen LogP contribution in [0.2, 0.25) is 0 Å². The maximum Gasteiger partial charge on any atom is 0.282 e. The Balaban J connectivity index is 1.82. The summed E-state index contributed by atoms with van der Waals surface area (Å²) in [6.45, 7) is 1.97. The van der Waals surface area contributed by atoms with Gasteiger partial charge in [0.1, 0.15) is 17.2 Å². The molecule has 34 heavy (non-hydrogen) atoms. The number of methoxy groups -OCH3 is 2. The van der Waals surface area contributed by atoms with Crippen LogP contribution in [0.15, 0.2) is 72.4 Å². The van der Waals surface area contributed by atoms with Gasteiger partial charge in [-0.05, 0) is 48.9 Å². The Morgan fingerprint density at radius 3 is 2.09 bits per heavy atom. The van der Waals surface area contributed by atoms with E-state index in [4.69, 9.17) is 9.47 Å². The molecule has 2 amide bonds. The van der Waals surface area contributed by atoms with Crippen LogP contribution in [0.25, 0.3) is 5.57 Å². The van der Waals surface area contributed by atoms with Gasteiger partial charge in [-0.1, -0.05) is 29.8 Å². The van der Waals surface area contributed by atoms with Crippen molar-refractivity contribution < 1.29 is 19.1 Å². The van der Waals surface area contributed by atoms with E-state index < -0.39 is 11.8 Å². The number of imide groups is 1. The molecule has 7 nitrogen and oxygen atoms in total. The zero-order valence-corrected chi connectivity index (χ0v) is 19.9. The lowest BCUT2D eigenvalue weighted by molar-refractivity contribution is -0.120. The van der Waals surface area contributed by atoms with Gasteiger partial charge >= 0.3 is 0 Å². The average molecular weight is 458 g/mol. The number of carbonyl (C=O) groups excluding carboxylic acids is 2. The number of benzene rings is 3. The summed E-state index contributed by atoms with van der Waals surface area (Å²) in [6.07, 6.45) is 0. The van der Waals surface area contributed by atoms with E-state index in [0.29, 0.717) is 34.0 Å². The highest BCUT2D eigenvalue weighted by atomic mass is 16.5. The largest absolute Gasteiger partial charge is 0.497 e. The van der Waals surface area contributed by atoms with Gasteiger partial charge in [-0.3, -0.25) is 9.59 Å². The molecule has 1 N–H and O–H groups in total. The third-order valence-electron chi connectivity index (χ3n) is 5.70. The van der Waals surface area contributed by atoms with Crippen LogP contribution >= 0.6 is 0 Å². The van der Waals surface area contributed by atoms with Crippen LogP contribution in [-0.4, -0.2) is 40.1 Å². The molecule has 3 aromatic carbocycles. The minimum atomic E-state index is -0.469. The van der Waals surface area contributed by atoms with Crippen LogP contribution in [0.1, 0.15) is 11.1 Å². The molecule has 1 aliphatic rings. The van der Waals surface area contributed by atoms with Crippen LogP contribution in [-0.2, 0) is 9.59 Å². The van der Waals surface area contributed by atoms with E-state index in [1.165, 1.54) is 14.2 Å². The quantitative estimate of drug-likeness (QED) is 0.528. The van der Waals surface area contributed by atoms with E-state index in [9.17, 15) is 9.59 Å². The Hall–Kier alpha value is -4.26. The summed E-state index contributed by atoms with van der Waals surface area (Å²) >= 11 is 0. The fourth-order valence-electron chi connectivity index (χ4n) is 3.81. The molecule has 0 aliphatic carbocycles. The normalized spacial score (nSPS) is 13.4. The summed E-state index contributed by atoms with van der Waals surface area (Å²) in [7, 11) is 6.94. The third kappa shape index (κ3) is 4.20. The van der Waals surface area contributed by atoms with Gasteiger partial charge in [-0.15, -0.1) is 0 Å². The average Bonchev–Trinajstić information content (AvgIpc) is 3.08. The van der Waals surface area contributed by atoms with Crippen molar-refractivity contribution in [2.24, 2.45) is 0 Å². The molecule has 0 unspecified atom stereocenters. The van der Waals surface area contributed by atoms with Crippen molar-refractivity contribution in [2.75, 3.05) is 43.4 Å². The molecule has 7 heteroatoms. The van der Waals surface area contributed by atoms with E-state index in [2.05, 4.69) is 5.32 Å². The van der Waals surface area contributed by atoms with Gasteiger partial charge in [0.25, 0.3) is 11.8 Å². The fraction of sp³-hybridized carbons (Fsp3) is 0.185. The van der Waals surface area contributed by atoms with Crippen molar-refractivity contribution in [2.45, 2.75) is 6.92 Å². The van der Waals surface area contributed by atoms with E-state index in [1.807, 2.05) is 74.4 Å². The Morgan fingerprint density at radius 2 is 1.50 bits per heavy atom. The van der Waals surface area contributed by atoms with Gasteiger partial charge in [-0.2, -0.15) is 0 Å². The molecule has 3 aromatic rings. The number of nitrogens with one attached hydrogen (secondary N) is 1. The number of ether oxygens (including phenoxy) is 2. The molecule has 0 radical (unpaired) electrons. The first-order chi connectivity index (χ1) is 16.3. The third-order valence-corrected chi connectivity index (χ3v) is 5.70. The first kappa shape index (κ1) is 22.9. The van der Waals surface area contributed by atoms with Crippen LogP contribution in [0.3, 0.4) is 0 Å². The summed E-state index contributed by atoms with van der Waals surface area (Å²) in [5.41, 5.74) is 4.26. The lowest BCUT2D eigenvalue weighted by Gasteiger charge is -2.19. The van der Waals surface area contributed by atoms with Crippen molar-refractivity contribution >= 4 is 34.4 Å². The van der Waals surface area contributed by atoms with E-state index in [1.54, 1.807) is 18.2 Å². The predicted molar refractivity (Wildman–Crippen MR) is 135 cm³/mol. The molecule has 0 atom stereocenters. The number of hydrogen-bond acceptors (Lipinski definition) is 6. The highest BCUT2D eigenvalue weighted by Gasteiger charge is 2.41. The van der Waals surface area contributed by atoms with Crippen LogP contribution < -0.4 is 24.6 Å². The zero-order chi connectivity index (χ0) is 24.4. The SMILES string of the molecule is COc1ccc(OC)c(N2C(=O)C(Nc3ccc(N(C)C)cc3)=C(c3ccc(C)cc3)C2=O)c1. The number of anilines is 3. The van der Waals surface area contributed by atoms with Crippen molar-refractivity contribution in [3.05, 3.63) is 83.6 Å². The minimum absolute atomic E-state index is 0.205. The number of aryl methyl sites for hydroxylation is 1. The monoisotopic (exact) mass is 457 g/mol. The first-order valence-electron chi connectivity index (χ1n) is 10.8. The van der Waals surface area contributed by atoms with Crippen LogP contribution in [0.5, 0.6) is 11.5 Å². The molecule has 0 fully saturated rings. The highest BCUT2D eigenvalue weighted by Crippen LogP contribution is 2.39. The molecular weight excluding hydrogens is 430 g/mol. The molecule has 1 heterocycles. The molecule has 0 bridgehead atoms. The maximum absolute atomic E-state index is 13.7. The number of amides is 2. The van der Waals surface area contributed by atoms with Gasteiger partial charge in [0.15, 0.2) is 0 Å². The Morgan fingerprint density at radius 1 is 0.824 bits per heavy atom. The van der Waals surface area contributed by atoms with Gasteiger partial charge in [-0.25, -0.2) is 4.90 Å². The van der Waals surface area contributed by atoms with E-state index in [-0.39, 0.29) is 5.70 Å². The van der Waals surface area contributed by atoms with E-state index >= 15 is 0 Å². The zero-order valence-electron chi connectivity index (χ0n) is 19.9. The second-order valence-electron chi connectivity index (χ2n) is 8.17. The van der Waals surface area contributed by atoms with Crippen molar-refractivity contribution in [3.63, 3.8) is 0 Å². The lowest BCUT2D eigenvalue weighted by Crippen LogP contribution is -2.32. The fourth-order valence-corrected chi connectivity index (χ4v) is 3.81. The van der Waals surface area contributed by atoms with E-state index in [0.717, 1.165) is 16.2 Å². The predicted octanol–water partition coefficient (Wildman–Crippen LogP) is 4.47. The number of carbonyl (C=O) groups is 2. The summed E-state index contributed by atoms with van der Waals surface area (Å²) in [5, 5.41) is 3.19. The van der Waals surface area contributed by atoms with Crippen LogP contribution in [0.4, 0.5) is 17.1 Å². The Labute approximate surface area is 199 Å². The summed E-state index contributed by atoms with van der Waals surface area (Å²) < 4.78 is 10.8. The second-order valence-corrected chi connectivity index (χ2v) is 8.17. The van der Waals surface area contributed by atoms with Gasteiger partial charge < -0.3 is 19.7 Å². The van der Waals surface area contributed by atoms with Crippen molar-refractivity contribution in [1.29, 1.82) is 0 Å². The molecule has 0 aromatic heterocycles. The molecule has 4 rings (SSSR count). The molecule has 0 spiro atoms. The summed E-state index contributed by atoms with van der Waals surface area (Å²) in [4.78, 5) is 30.5. The van der Waals surface area contributed by atoms with Crippen molar-refractivity contribution in [1.82, 2.24) is 0 Å². The standard InChI is InChI=1S/C27H27N3O4/c1-17-6-8-18(9-7-17)24-25(28-19-10-12-20(13-11-19)29(2)3)27(32)30(26(24)31)22-16-21(33-4)14-15-23(22)34-5/h6-16,28H,1-5H3. The molecule has 0 saturated carbocycles. The Bertz CT molecular complexity index is 1260. The first-order valence-corrected chi connectivity index (χ1v) is 10.8. The van der Waals surface area contributed by atoms with Crippen molar-refractivity contribution in [3.8, 4) is 11.5 Å². The molecule has 0 saturated heterocycles. The van der Waals surface area contributed by atoms with Gasteiger partial charge in [0, 0.05) is 31.5 Å². The maximum atomic E-state index is 13.7. The summed E-state index contributed by atoms with van der Waals surface area (Å²) in [6, 6.07) is 20.2. The summed E-state index contributed by atoms with van der Waals surface area (Å²) in [5.74, 6) is -0.00653. The molecular formula is C27H27N3O4. The Kier molecular flexibility index (Phi) is 6.27. The lowest BCUT2D eigenvalue weighted by atomic mass is 10.0.